The lowest BCUT2D eigenvalue weighted by Crippen LogP contribution is -2.27. The lowest BCUT2D eigenvalue weighted by molar-refractivity contribution is -0.116. The van der Waals surface area contributed by atoms with Gasteiger partial charge in [-0.25, -0.2) is 0 Å². The maximum atomic E-state index is 11.1. The summed E-state index contributed by atoms with van der Waals surface area (Å²) in [5, 5.41) is 2.80. The van der Waals surface area contributed by atoms with Gasteiger partial charge in [0, 0.05) is 18.2 Å². The van der Waals surface area contributed by atoms with Gasteiger partial charge in [-0.15, -0.1) is 0 Å². The van der Waals surface area contributed by atoms with E-state index < -0.39 is 0 Å². The Hall–Kier alpha value is -1.35. The Balaban J connectivity index is 2.49. The maximum Gasteiger partial charge on any atom is 0.226 e. The van der Waals surface area contributed by atoms with E-state index in [-0.39, 0.29) is 11.9 Å². The molecule has 0 bridgehead atoms. The summed E-state index contributed by atoms with van der Waals surface area (Å²) in [6, 6.07) is 5.75. The Morgan fingerprint density at radius 1 is 1.54 bits per heavy atom. The number of amides is 1. The van der Waals surface area contributed by atoms with E-state index in [1.54, 1.807) is 0 Å². The van der Waals surface area contributed by atoms with Gasteiger partial charge in [-0.05, 0) is 18.6 Å². The number of carbonyl (C=O) groups is 1. The van der Waals surface area contributed by atoms with Gasteiger partial charge in [0.15, 0.2) is 0 Å². The molecule has 0 saturated carbocycles. The molecule has 68 valence electrons. The van der Waals surface area contributed by atoms with Crippen molar-refractivity contribution in [3.05, 3.63) is 29.3 Å². The number of fused-ring (bicyclic) bond motifs is 1. The van der Waals surface area contributed by atoms with Crippen molar-refractivity contribution in [1.82, 2.24) is 0 Å². The second kappa shape index (κ2) is 2.85. The minimum absolute atomic E-state index is 0.00357. The van der Waals surface area contributed by atoms with Crippen LogP contribution in [0.2, 0.25) is 0 Å². The largest absolute Gasteiger partial charge is 0.326 e. The first-order chi connectivity index (χ1) is 6.16. The van der Waals surface area contributed by atoms with Crippen LogP contribution in [0.4, 0.5) is 5.69 Å². The molecule has 0 radical (unpaired) electrons. The molecule has 0 fully saturated rings. The van der Waals surface area contributed by atoms with Crippen molar-refractivity contribution in [1.29, 1.82) is 0 Å². The van der Waals surface area contributed by atoms with Gasteiger partial charge in [0.05, 0.1) is 0 Å². The lowest BCUT2D eigenvalue weighted by Gasteiger charge is -2.22. The molecule has 1 aromatic rings. The van der Waals surface area contributed by atoms with Crippen LogP contribution >= 0.6 is 0 Å². The van der Waals surface area contributed by atoms with Crippen LogP contribution in [0, 0.1) is 6.92 Å². The molecule has 1 unspecified atom stereocenters. The Morgan fingerprint density at radius 2 is 2.31 bits per heavy atom. The summed E-state index contributed by atoms with van der Waals surface area (Å²) in [4.78, 5) is 11.1. The van der Waals surface area contributed by atoms with E-state index in [9.17, 15) is 4.79 Å². The first-order valence-corrected chi connectivity index (χ1v) is 4.33. The highest BCUT2D eigenvalue weighted by Crippen LogP contribution is 2.29. The number of aryl methyl sites for hydroxylation is 1. The van der Waals surface area contributed by atoms with E-state index in [2.05, 4.69) is 5.32 Å². The SMILES string of the molecule is Cc1ccc2c(c1)C(N)CC(=O)N2. The maximum absolute atomic E-state index is 11.1. The molecule has 0 spiro atoms. The molecule has 2 rings (SSSR count). The zero-order chi connectivity index (χ0) is 9.42. The predicted octanol–water partition coefficient (Wildman–Crippen LogP) is 1.34. The molecule has 0 aliphatic carbocycles. The Morgan fingerprint density at radius 3 is 3.08 bits per heavy atom. The smallest absolute Gasteiger partial charge is 0.226 e. The van der Waals surface area contributed by atoms with Crippen LogP contribution in [0.1, 0.15) is 23.6 Å². The summed E-state index contributed by atoms with van der Waals surface area (Å²) < 4.78 is 0. The molecule has 3 heteroatoms. The topological polar surface area (TPSA) is 55.1 Å². The third-order valence-corrected chi connectivity index (χ3v) is 2.29. The van der Waals surface area contributed by atoms with Crippen molar-refractivity contribution in [2.75, 3.05) is 5.32 Å². The van der Waals surface area contributed by atoms with E-state index in [0.29, 0.717) is 6.42 Å². The van der Waals surface area contributed by atoms with Gasteiger partial charge >= 0.3 is 0 Å². The molecule has 13 heavy (non-hydrogen) atoms. The Labute approximate surface area is 76.9 Å². The highest BCUT2D eigenvalue weighted by atomic mass is 16.1. The fourth-order valence-corrected chi connectivity index (χ4v) is 1.61. The number of rotatable bonds is 0. The van der Waals surface area contributed by atoms with Crippen LogP contribution in [0.3, 0.4) is 0 Å². The molecular formula is C10H12N2O. The molecule has 0 saturated heterocycles. The van der Waals surface area contributed by atoms with Gasteiger partial charge in [0.25, 0.3) is 0 Å². The number of hydrogen-bond acceptors (Lipinski definition) is 2. The van der Waals surface area contributed by atoms with Gasteiger partial charge in [-0.3, -0.25) is 4.79 Å². The summed E-state index contributed by atoms with van der Waals surface area (Å²) in [5.41, 5.74) is 8.91. The van der Waals surface area contributed by atoms with Crippen molar-refractivity contribution in [3.63, 3.8) is 0 Å². The van der Waals surface area contributed by atoms with E-state index >= 15 is 0 Å². The van der Waals surface area contributed by atoms with E-state index in [0.717, 1.165) is 11.3 Å². The Kier molecular flexibility index (Phi) is 1.81. The predicted molar refractivity (Wildman–Crippen MR) is 51.4 cm³/mol. The monoisotopic (exact) mass is 176 g/mol. The van der Waals surface area contributed by atoms with Gasteiger partial charge in [-0.1, -0.05) is 17.7 Å². The number of nitrogens with one attached hydrogen (secondary N) is 1. The third kappa shape index (κ3) is 1.42. The van der Waals surface area contributed by atoms with Crippen molar-refractivity contribution < 1.29 is 4.79 Å². The summed E-state index contributed by atoms with van der Waals surface area (Å²) >= 11 is 0. The zero-order valence-corrected chi connectivity index (χ0v) is 7.50. The van der Waals surface area contributed by atoms with Gasteiger partial charge < -0.3 is 11.1 Å². The molecule has 1 atom stereocenters. The Bertz CT molecular complexity index is 360. The molecule has 3 nitrogen and oxygen atoms in total. The summed E-state index contributed by atoms with van der Waals surface area (Å²) in [6.45, 7) is 2.02. The second-order valence-corrected chi connectivity index (χ2v) is 3.45. The van der Waals surface area contributed by atoms with Crippen LogP contribution in [0.25, 0.3) is 0 Å². The fraction of sp³-hybridized carbons (Fsp3) is 0.300. The zero-order valence-electron chi connectivity index (χ0n) is 7.50. The summed E-state index contributed by atoms with van der Waals surface area (Å²) in [7, 11) is 0. The molecule has 3 N–H and O–H groups in total. The molecule has 1 aliphatic heterocycles. The van der Waals surface area contributed by atoms with Gasteiger partial charge in [0.2, 0.25) is 5.91 Å². The highest BCUT2D eigenvalue weighted by Gasteiger charge is 2.21. The standard InChI is InChI=1S/C10H12N2O/c1-6-2-3-9-7(4-6)8(11)5-10(13)12-9/h2-4,8H,5,11H2,1H3,(H,12,13). The van der Waals surface area contributed by atoms with Crippen LogP contribution < -0.4 is 11.1 Å². The third-order valence-electron chi connectivity index (χ3n) is 2.29. The molecular weight excluding hydrogens is 164 g/mol. The minimum Gasteiger partial charge on any atom is -0.326 e. The van der Waals surface area contributed by atoms with Crippen molar-refractivity contribution in [2.45, 2.75) is 19.4 Å². The molecule has 1 heterocycles. The molecule has 1 amide bonds. The fourth-order valence-electron chi connectivity index (χ4n) is 1.61. The normalized spacial score (nSPS) is 20.8. The number of carbonyl (C=O) groups excluding carboxylic acids is 1. The van der Waals surface area contributed by atoms with Gasteiger partial charge in [-0.2, -0.15) is 0 Å². The van der Waals surface area contributed by atoms with Crippen LogP contribution in [0.15, 0.2) is 18.2 Å². The first-order valence-electron chi connectivity index (χ1n) is 4.33. The average molecular weight is 176 g/mol. The number of benzene rings is 1. The van der Waals surface area contributed by atoms with Gasteiger partial charge in [0.1, 0.15) is 0 Å². The first kappa shape index (κ1) is 8.26. The summed E-state index contributed by atoms with van der Waals surface area (Å²) in [6.07, 6.45) is 0.385. The molecule has 1 aliphatic rings. The van der Waals surface area contributed by atoms with Crippen molar-refractivity contribution >= 4 is 11.6 Å². The van der Waals surface area contributed by atoms with Crippen LogP contribution in [-0.2, 0) is 4.79 Å². The molecule has 1 aromatic carbocycles. The van der Waals surface area contributed by atoms with Crippen LogP contribution in [0.5, 0.6) is 0 Å². The lowest BCUT2D eigenvalue weighted by atomic mass is 9.97. The molecule has 0 aromatic heterocycles. The quantitative estimate of drug-likeness (QED) is 0.626. The van der Waals surface area contributed by atoms with Crippen LogP contribution in [-0.4, -0.2) is 5.91 Å². The second-order valence-electron chi connectivity index (χ2n) is 3.45. The highest BCUT2D eigenvalue weighted by molar-refractivity contribution is 5.94. The average Bonchev–Trinajstić information content (AvgIpc) is 2.06. The minimum atomic E-state index is -0.149. The summed E-state index contributed by atoms with van der Waals surface area (Å²) in [5.74, 6) is 0.00357. The number of nitrogens with two attached hydrogens (primary N) is 1. The number of hydrogen-bond donors (Lipinski definition) is 2. The van der Waals surface area contributed by atoms with E-state index in [1.807, 2.05) is 25.1 Å². The van der Waals surface area contributed by atoms with Crippen molar-refractivity contribution in [2.24, 2.45) is 5.73 Å². The van der Waals surface area contributed by atoms with E-state index in [4.69, 9.17) is 5.73 Å². The number of anilines is 1. The van der Waals surface area contributed by atoms with Crippen molar-refractivity contribution in [3.8, 4) is 0 Å². The van der Waals surface area contributed by atoms with E-state index in [1.165, 1.54) is 5.56 Å².